The first-order valence-electron chi connectivity index (χ1n) is 10.7. The molecule has 2 atom stereocenters. The average Bonchev–Trinajstić information content (AvgIpc) is 3.26. The third kappa shape index (κ3) is 3.17. The molecule has 2 saturated heterocycles. The van der Waals surface area contributed by atoms with Crippen molar-refractivity contribution in [2.45, 2.75) is 39.5 Å². The van der Waals surface area contributed by atoms with E-state index in [2.05, 4.69) is 9.97 Å². The first-order valence-corrected chi connectivity index (χ1v) is 10.7. The molecule has 8 heteroatoms. The summed E-state index contributed by atoms with van der Waals surface area (Å²) in [6.07, 6.45) is 6.67. The quantitative estimate of drug-likeness (QED) is 0.731. The summed E-state index contributed by atoms with van der Waals surface area (Å²) in [5, 5.41) is 0. The SMILES string of the molecule is CC(=O)N1C[C@@H]2C3(CCN(C(=O)c4cnc(C)cn4)CC3)CC[C@]2(C(=O)N(C)C)C1. The highest BCUT2D eigenvalue weighted by Crippen LogP contribution is 2.62. The molecule has 1 aliphatic carbocycles. The highest BCUT2D eigenvalue weighted by Gasteiger charge is 2.65. The molecule has 1 spiro atoms. The lowest BCUT2D eigenvalue weighted by Gasteiger charge is -2.44. The molecule has 0 radical (unpaired) electrons. The van der Waals surface area contributed by atoms with Gasteiger partial charge in [-0.2, -0.15) is 0 Å². The van der Waals surface area contributed by atoms with Gasteiger partial charge in [0.25, 0.3) is 5.91 Å². The second-order valence-electron chi connectivity index (χ2n) is 9.51. The molecule has 1 aromatic heterocycles. The molecular formula is C22H31N5O3. The molecule has 1 saturated carbocycles. The van der Waals surface area contributed by atoms with E-state index in [-0.39, 0.29) is 29.1 Å². The van der Waals surface area contributed by atoms with Gasteiger partial charge < -0.3 is 14.7 Å². The molecular weight excluding hydrogens is 382 g/mol. The fourth-order valence-electron chi connectivity index (χ4n) is 6.02. The van der Waals surface area contributed by atoms with Crippen LogP contribution in [0.4, 0.5) is 0 Å². The van der Waals surface area contributed by atoms with Gasteiger partial charge in [0.15, 0.2) is 0 Å². The van der Waals surface area contributed by atoms with Crippen LogP contribution in [0.15, 0.2) is 12.4 Å². The van der Waals surface area contributed by atoms with Gasteiger partial charge in [0.05, 0.1) is 17.3 Å². The number of rotatable bonds is 2. The topological polar surface area (TPSA) is 86.7 Å². The first-order chi connectivity index (χ1) is 14.2. The number of piperidine rings is 1. The Balaban J connectivity index is 1.53. The Hall–Kier alpha value is -2.51. The minimum absolute atomic E-state index is 0.00556. The standard InChI is InChI=1S/C22H31N5O3/c1-15-11-24-17(12-23-15)19(29)26-9-7-21(8-10-26)5-6-22(20(30)25(3)4)14-27(16(2)28)13-18(21)22/h11-12,18H,5-10,13-14H2,1-4H3/t18-,22+/m1/s1. The van der Waals surface area contributed by atoms with Gasteiger partial charge in [-0.3, -0.25) is 19.4 Å². The van der Waals surface area contributed by atoms with Gasteiger partial charge in [-0.1, -0.05) is 0 Å². The van der Waals surface area contributed by atoms with E-state index < -0.39 is 5.41 Å². The van der Waals surface area contributed by atoms with Gasteiger partial charge in [0, 0.05) is 53.4 Å². The summed E-state index contributed by atoms with van der Waals surface area (Å²) >= 11 is 0. The molecule has 2 aliphatic heterocycles. The number of likely N-dealkylation sites (tertiary alicyclic amines) is 2. The van der Waals surface area contributed by atoms with Crippen LogP contribution in [-0.4, -0.2) is 82.7 Å². The van der Waals surface area contributed by atoms with Gasteiger partial charge in [0.1, 0.15) is 5.69 Å². The van der Waals surface area contributed by atoms with E-state index in [9.17, 15) is 14.4 Å². The van der Waals surface area contributed by atoms with Crippen LogP contribution in [0.2, 0.25) is 0 Å². The van der Waals surface area contributed by atoms with Crippen LogP contribution in [-0.2, 0) is 9.59 Å². The lowest BCUT2D eigenvalue weighted by atomic mass is 9.65. The number of nitrogens with zero attached hydrogens (tertiary/aromatic N) is 5. The second-order valence-corrected chi connectivity index (χ2v) is 9.51. The number of hydrogen-bond acceptors (Lipinski definition) is 5. The number of hydrogen-bond donors (Lipinski definition) is 0. The molecule has 8 nitrogen and oxygen atoms in total. The molecule has 4 rings (SSSR count). The van der Waals surface area contributed by atoms with Crippen LogP contribution in [0.25, 0.3) is 0 Å². The normalized spacial score (nSPS) is 27.3. The zero-order valence-electron chi connectivity index (χ0n) is 18.3. The molecule has 0 N–H and O–H groups in total. The molecule has 3 fully saturated rings. The number of fused-ring (bicyclic) bond motifs is 2. The van der Waals surface area contributed by atoms with E-state index in [0.717, 1.165) is 31.4 Å². The Morgan fingerprint density at radius 2 is 1.73 bits per heavy atom. The number of carbonyl (C=O) groups excluding carboxylic acids is 3. The fraction of sp³-hybridized carbons (Fsp3) is 0.682. The Morgan fingerprint density at radius 3 is 2.30 bits per heavy atom. The summed E-state index contributed by atoms with van der Waals surface area (Å²) in [6.45, 7) is 5.90. The number of aromatic nitrogens is 2. The number of carbonyl (C=O) groups is 3. The Morgan fingerprint density at radius 1 is 1.03 bits per heavy atom. The van der Waals surface area contributed by atoms with Crippen LogP contribution in [0, 0.1) is 23.7 Å². The predicted molar refractivity (Wildman–Crippen MR) is 110 cm³/mol. The third-order valence-electron chi connectivity index (χ3n) is 7.68. The first kappa shape index (κ1) is 20.8. The van der Waals surface area contributed by atoms with Crippen molar-refractivity contribution in [2.75, 3.05) is 40.3 Å². The maximum atomic E-state index is 13.2. The molecule has 0 unspecified atom stereocenters. The molecule has 30 heavy (non-hydrogen) atoms. The minimum atomic E-state index is -0.482. The van der Waals surface area contributed by atoms with Gasteiger partial charge >= 0.3 is 0 Å². The summed E-state index contributed by atoms with van der Waals surface area (Å²) in [5.41, 5.74) is 0.687. The Labute approximate surface area is 177 Å². The molecule has 0 aromatic carbocycles. The minimum Gasteiger partial charge on any atom is -0.348 e. The van der Waals surface area contributed by atoms with Crippen molar-refractivity contribution in [3.63, 3.8) is 0 Å². The number of aryl methyl sites for hydroxylation is 1. The second kappa shape index (κ2) is 7.32. The third-order valence-corrected chi connectivity index (χ3v) is 7.68. The lowest BCUT2D eigenvalue weighted by molar-refractivity contribution is -0.141. The van der Waals surface area contributed by atoms with Crippen LogP contribution in [0.1, 0.15) is 48.8 Å². The molecule has 3 aliphatic rings. The van der Waals surface area contributed by atoms with Gasteiger partial charge in [-0.25, -0.2) is 4.98 Å². The highest BCUT2D eigenvalue weighted by atomic mass is 16.2. The van der Waals surface area contributed by atoms with Crippen molar-refractivity contribution in [1.82, 2.24) is 24.7 Å². The van der Waals surface area contributed by atoms with E-state index in [0.29, 0.717) is 31.9 Å². The largest absolute Gasteiger partial charge is 0.348 e. The zero-order chi connectivity index (χ0) is 21.7. The van der Waals surface area contributed by atoms with Crippen molar-refractivity contribution in [1.29, 1.82) is 0 Å². The van der Waals surface area contributed by atoms with Crippen LogP contribution in [0.5, 0.6) is 0 Å². The van der Waals surface area contributed by atoms with Crippen molar-refractivity contribution in [3.05, 3.63) is 23.8 Å². The molecule has 1 aromatic rings. The van der Waals surface area contributed by atoms with Crippen molar-refractivity contribution < 1.29 is 14.4 Å². The molecule has 3 amide bonds. The summed E-state index contributed by atoms with van der Waals surface area (Å²) in [4.78, 5) is 52.0. The van der Waals surface area contributed by atoms with E-state index in [1.54, 1.807) is 38.3 Å². The zero-order valence-corrected chi connectivity index (χ0v) is 18.3. The Bertz CT molecular complexity index is 860. The predicted octanol–water partition coefficient (Wildman–Crippen LogP) is 1.35. The maximum absolute atomic E-state index is 13.2. The molecule has 3 heterocycles. The van der Waals surface area contributed by atoms with Gasteiger partial charge in [-0.15, -0.1) is 0 Å². The fourth-order valence-corrected chi connectivity index (χ4v) is 6.02. The van der Waals surface area contributed by atoms with Crippen LogP contribution in [0.3, 0.4) is 0 Å². The molecule has 162 valence electrons. The smallest absolute Gasteiger partial charge is 0.274 e. The highest BCUT2D eigenvalue weighted by molar-refractivity contribution is 5.92. The van der Waals surface area contributed by atoms with Gasteiger partial charge in [-0.05, 0) is 43.9 Å². The lowest BCUT2D eigenvalue weighted by Crippen LogP contribution is -2.49. The number of amides is 3. The molecule has 0 bridgehead atoms. The van der Waals surface area contributed by atoms with E-state index in [1.807, 2.05) is 16.7 Å². The van der Waals surface area contributed by atoms with E-state index >= 15 is 0 Å². The van der Waals surface area contributed by atoms with E-state index in [1.165, 1.54) is 0 Å². The summed E-state index contributed by atoms with van der Waals surface area (Å²) in [5.74, 6) is 0.251. The van der Waals surface area contributed by atoms with E-state index in [4.69, 9.17) is 0 Å². The van der Waals surface area contributed by atoms with Crippen molar-refractivity contribution >= 4 is 17.7 Å². The van der Waals surface area contributed by atoms with Crippen LogP contribution >= 0.6 is 0 Å². The van der Waals surface area contributed by atoms with Crippen molar-refractivity contribution in [2.24, 2.45) is 16.7 Å². The Kier molecular flexibility index (Phi) is 5.06. The summed E-state index contributed by atoms with van der Waals surface area (Å²) in [6, 6.07) is 0. The average molecular weight is 414 g/mol. The van der Waals surface area contributed by atoms with Gasteiger partial charge in [0.2, 0.25) is 11.8 Å². The van der Waals surface area contributed by atoms with Crippen LogP contribution < -0.4 is 0 Å². The summed E-state index contributed by atoms with van der Waals surface area (Å²) < 4.78 is 0. The monoisotopic (exact) mass is 413 g/mol. The summed E-state index contributed by atoms with van der Waals surface area (Å²) in [7, 11) is 3.61. The maximum Gasteiger partial charge on any atom is 0.274 e. The van der Waals surface area contributed by atoms with Crippen molar-refractivity contribution in [3.8, 4) is 0 Å².